The molecule has 0 aliphatic rings. The van der Waals surface area contributed by atoms with Crippen molar-refractivity contribution in [1.29, 1.82) is 0 Å². The van der Waals surface area contributed by atoms with Crippen molar-refractivity contribution in [2.75, 3.05) is 6.61 Å². The fraction of sp³-hybridized carbons (Fsp3) is 0.750. The second kappa shape index (κ2) is 5.95. The van der Waals surface area contributed by atoms with E-state index >= 15 is 0 Å². The predicted octanol–water partition coefficient (Wildman–Crippen LogP) is 0.993. The van der Waals surface area contributed by atoms with Gasteiger partial charge in [-0.2, -0.15) is 0 Å². The lowest BCUT2D eigenvalue weighted by molar-refractivity contribution is 0.0919. The molecule has 1 aromatic rings. The lowest BCUT2D eigenvalue weighted by Crippen LogP contribution is -2.35. The molecule has 1 rings (SSSR count). The van der Waals surface area contributed by atoms with Gasteiger partial charge >= 0.3 is 0 Å². The van der Waals surface area contributed by atoms with E-state index in [0.29, 0.717) is 12.2 Å². The summed E-state index contributed by atoms with van der Waals surface area (Å²) in [6.45, 7) is 8.00. The van der Waals surface area contributed by atoms with Gasteiger partial charge in [0, 0.05) is 18.1 Å². The highest BCUT2D eigenvalue weighted by Gasteiger charge is 2.22. The van der Waals surface area contributed by atoms with Crippen LogP contribution in [0.4, 0.5) is 0 Å². The average molecular weight is 254 g/mol. The summed E-state index contributed by atoms with van der Waals surface area (Å²) in [5.74, 6) is 0.529. The normalized spacial score (nSPS) is 13.4. The number of aromatic amines is 1. The van der Waals surface area contributed by atoms with Crippen LogP contribution in [0.3, 0.4) is 0 Å². The summed E-state index contributed by atoms with van der Waals surface area (Å²) in [5.41, 5.74) is -0.166. The molecule has 18 heavy (non-hydrogen) atoms. The summed E-state index contributed by atoms with van der Waals surface area (Å²) >= 11 is 0. The lowest BCUT2D eigenvalue weighted by Gasteiger charge is -2.14. The first kappa shape index (κ1) is 14.6. The van der Waals surface area contributed by atoms with Crippen molar-refractivity contribution < 1.29 is 9.90 Å². The van der Waals surface area contributed by atoms with Crippen LogP contribution in [-0.2, 0) is 5.41 Å². The maximum Gasteiger partial charge on any atom is 0.291 e. The van der Waals surface area contributed by atoms with Crippen LogP contribution < -0.4 is 5.32 Å². The number of carbonyl (C=O) groups is 1. The molecular weight excluding hydrogens is 232 g/mol. The fourth-order valence-electron chi connectivity index (χ4n) is 1.48. The zero-order valence-electron chi connectivity index (χ0n) is 11.4. The second-order valence-electron chi connectivity index (χ2n) is 5.35. The first-order chi connectivity index (χ1) is 8.38. The molecule has 1 amide bonds. The lowest BCUT2D eigenvalue weighted by atomic mass is 9.96. The molecular formula is C12H22N4O2. The molecule has 0 aliphatic heterocycles. The van der Waals surface area contributed by atoms with Gasteiger partial charge in [0.05, 0.1) is 0 Å². The molecule has 0 saturated heterocycles. The number of nitrogens with one attached hydrogen (secondary N) is 2. The van der Waals surface area contributed by atoms with Gasteiger partial charge in [0.1, 0.15) is 5.82 Å². The van der Waals surface area contributed by atoms with Crippen LogP contribution in [0.2, 0.25) is 0 Å². The number of rotatable bonds is 5. The molecule has 0 bridgehead atoms. The van der Waals surface area contributed by atoms with Crippen LogP contribution in [0, 0.1) is 0 Å². The van der Waals surface area contributed by atoms with Crippen LogP contribution in [-0.4, -0.2) is 38.8 Å². The second-order valence-corrected chi connectivity index (χ2v) is 5.35. The predicted molar refractivity (Wildman–Crippen MR) is 68.3 cm³/mol. The molecule has 0 spiro atoms. The van der Waals surface area contributed by atoms with Crippen LogP contribution in [0.25, 0.3) is 0 Å². The van der Waals surface area contributed by atoms with E-state index in [0.717, 1.165) is 6.42 Å². The number of hydrogen-bond acceptors (Lipinski definition) is 4. The van der Waals surface area contributed by atoms with Crippen LogP contribution in [0.5, 0.6) is 0 Å². The Morgan fingerprint density at radius 2 is 2.17 bits per heavy atom. The fourth-order valence-corrected chi connectivity index (χ4v) is 1.48. The molecule has 6 heteroatoms. The van der Waals surface area contributed by atoms with E-state index in [-0.39, 0.29) is 29.8 Å². The van der Waals surface area contributed by atoms with Crippen LogP contribution in [0.15, 0.2) is 0 Å². The van der Waals surface area contributed by atoms with Gasteiger partial charge in [0.15, 0.2) is 0 Å². The van der Waals surface area contributed by atoms with E-state index in [2.05, 4.69) is 20.5 Å². The quantitative estimate of drug-likeness (QED) is 0.731. The van der Waals surface area contributed by atoms with Gasteiger partial charge in [-0.15, -0.1) is 5.10 Å². The number of amides is 1. The highest BCUT2D eigenvalue weighted by Crippen LogP contribution is 2.17. The third-order valence-corrected chi connectivity index (χ3v) is 2.70. The van der Waals surface area contributed by atoms with Crippen molar-refractivity contribution in [3.63, 3.8) is 0 Å². The van der Waals surface area contributed by atoms with Gasteiger partial charge in [-0.1, -0.05) is 27.7 Å². The topological polar surface area (TPSA) is 90.9 Å². The van der Waals surface area contributed by atoms with E-state index in [1.165, 1.54) is 0 Å². The highest BCUT2D eigenvalue weighted by atomic mass is 16.3. The van der Waals surface area contributed by atoms with Crippen molar-refractivity contribution in [3.8, 4) is 0 Å². The summed E-state index contributed by atoms with van der Waals surface area (Å²) in [6.07, 6.45) is 1.31. The summed E-state index contributed by atoms with van der Waals surface area (Å²) < 4.78 is 0. The van der Waals surface area contributed by atoms with Crippen molar-refractivity contribution in [2.24, 2.45) is 0 Å². The number of aromatic nitrogens is 3. The Morgan fingerprint density at radius 3 is 2.61 bits per heavy atom. The van der Waals surface area contributed by atoms with E-state index in [1.54, 1.807) is 0 Å². The molecule has 1 atom stereocenters. The Bertz CT molecular complexity index is 395. The summed E-state index contributed by atoms with van der Waals surface area (Å²) in [4.78, 5) is 16.1. The van der Waals surface area contributed by atoms with Crippen LogP contribution in [0.1, 0.15) is 57.0 Å². The number of H-pyrrole nitrogens is 1. The molecule has 0 aliphatic carbocycles. The van der Waals surface area contributed by atoms with Gasteiger partial charge in [0.2, 0.25) is 5.82 Å². The summed E-state index contributed by atoms with van der Waals surface area (Å²) in [6, 6.07) is -0.0425. The molecule has 6 nitrogen and oxygen atoms in total. The Morgan fingerprint density at radius 1 is 1.50 bits per heavy atom. The van der Waals surface area contributed by atoms with Gasteiger partial charge in [-0.25, -0.2) is 4.98 Å². The van der Waals surface area contributed by atoms with Crippen molar-refractivity contribution in [3.05, 3.63) is 11.6 Å². The molecule has 0 radical (unpaired) electrons. The molecule has 0 saturated carbocycles. The van der Waals surface area contributed by atoms with Crippen LogP contribution >= 0.6 is 0 Å². The van der Waals surface area contributed by atoms with E-state index < -0.39 is 0 Å². The van der Waals surface area contributed by atoms with Gasteiger partial charge in [-0.05, 0) is 12.8 Å². The molecule has 3 N–H and O–H groups in total. The number of hydrogen-bond donors (Lipinski definition) is 3. The number of aliphatic hydroxyl groups is 1. The SMILES string of the molecule is CCC(CCO)NC(=O)c1n[nH]c(C(C)(C)C)n1. The Hall–Kier alpha value is -1.43. The Labute approximate surface area is 107 Å². The minimum Gasteiger partial charge on any atom is -0.396 e. The summed E-state index contributed by atoms with van der Waals surface area (Å²) in [7, 11) is 0. The molecule has 0 aromatic carbocycles. The number of nitrogens with zero attached hydrogens (tertiary/aromatic N) is 2. The Balaban J connectivity index is 2.70. The minimum atomic E-state index is -0.304. The van der Waals surface area contributed by atoms with Gasteiger partial charge < -0.3 is 10.4 Å². The maximum absolute atomic E-state index is 11.9. The smallest absolute Gasteiger partial charge is 0.291 e. The van der Waals surface area contributed by atoms with Crippen molar-refractivity contribution in [1.82, 2.24) is 20.5 Å². The van der Waals surface area contributed by atoms with Gasteiger partial charge in [0.25, 0.3) is 5.91 Å². The first-order valence-electron chi connectivity index (χ1n) is 6.23. The molecule has 102 valence electrons. The molecule has 1 heterocycles. The van der Waals surface area contributed by atoms with E-state index in [9.17, 15) is 4.79 Å². The van der Waals surface area contributed by atoms with E-state index in [4.69, 9.17) is 5.11 Å². The largest absolute Gasteiger partial charge is 0.396 e. The third-order valence-electron chi connectivity index (χ3n) is 2.70. The zero-order valence-corrected chi connectivity index (χ0v) is 11.4. The first-order valence-corrected chi connectivity index (χ1v) is 6.23. The monoisotopic (exact) mass is 254 g/mol. The zero-order chi connectivity index (χ0) is 13.8. The summed E-state index contributed by atoms with van der Waals surface area (Å²) in [5, 5.41) is 18.4. The Kier molecular flexibility index (Phi) is 4.84. The van der Waals surface area contributed by atoms with Crippen molar-refractivity contribution >= 4 is 5.91 Å². The molecule has 1 aromatic heterocycles. The van der Waals surface area contributed by atoms with Gasteiger partial charge in [-0.3, -0.25) is 9.89 Å². The van der Waals surface area contributed by atoms with E-state index in [1.807, 2.05) is 27.7 Å². The standard InChI is InChI=1S/C12H22N4O2/c1-5-8(6-7-17)13-10(18)9-14-11(16-15-9)12(2,3)4/h8,17H,5-7H2,1-4H3,(H,13,18)(H,14,15,16). The highest BCUT2D eigenvalue weighted by molar-refractivity contribution is 5.90. The average Bonchev–Trinajstić information content (AvgIpc) is 2.77. The molecule has 0 fully saturated rings. The maximum atomic E-state index is 11.9. The molecule has 1 unspecified atom stereocenters. The number of aliphatic hydroxyl groups excluding tert-OH is 1. The van der Waals surface area contributed by atoms with Crippen molar-refractivity contribution in [2.45, 2.75) is 52.0 Å². The minimum absolute atomic E-state index is 0.0425. The number of carbonyl (C=O) groups excluding carboxylic acids is 1. The third kappa shape index (κ3) is 3.80.